The van der Waals surface area contributed by atoms with Crippen molar-refractivity contribution >= 4 is 28.3 Å². The molecule has 8 heteroatoms. The number of hydrogen-bond donors (Lipinski definition) is 2. The highest BCUT2D eigenvalue weighted by atomic mass is 32.1. The number of hydrogen-bond acceptors (Lipinski definition) is 5. The number of carbonyl (C=O) groups excluding carboxylic acids is 2. The molecule has 0 aliphatic rings. The summed E-state index contributed by atoms with van der Waals surface area (Å²) in [6.45, 7) is 0. The lowest BCUT2D eigenvalue weighted by Gasteiger charge is -2.10. The zero-order valence-corrected chi connectivity index (χ0v) is 13.5. The quantitative estimate of drug-likeness (QED) is 0.731. The van der Waals surface area contributed by atoms with Crippen LogP contribution in [-0.2, 0) is 0 Å². The van der Waals surface area contributed by atoms with E-state index in [4.69, 9.17) is 10.5 Å². The molecule has 25 heavy (non-hydrogen) atoms. The van der Waals surface area contributed by atoms with Gasteiger partial charge in [0.2, 0.25) is 0 Å². The van der Waals surface area contributed by atoms with Gasteiger partial charge in [-0.05, 0) is 36.4 Å². The molecular weight excluding hydrogens is 345 g/mol. The van der Waals surface area contributed by atoms with E-state index in [-0.39, 0.29) is 22.2 Å². The molecule has 0 bridgehead atoms. The number of rotatable bonds is 5. The number of benzene rings is 2. The summed E-state index contributed by atoms with van der Waals surface area (Å²) in [4.78, 5) is 27.4. The molecule has 2 aromatic carbocycles. The SMILES string of the molecule is NC(=O)c1csc(NC(=O)c2ccccc2Oc2ccc(F)cc2)n1. The van der Waals surface area contributed by atoms with E-state index in [0.29, 0.717) is 11.5 Å². The number of ether oxygens (including phenoxy) is 1. The fraction of sp³-hybridized carbons (Fsp3) is 0. The molecule has 3 rings (SSSR count). The average Bonchev–Trinajstić information content (AvgIpc) is 3.06. The predicted octanol–water partition coefficient (Wildman–Crippen LogP) is 3.43. The van der Waals surface area contributed by atoms with Crippen LogP contribution in [-0.4, -0.2) is 16.8 Å². The normalized spacial score (nSPS) is 10.3. The molecular formula is C17H12FN3O3S. The van der Waals surface area contributed by atoms with Gasteiger partial charge < -0.3 is 10.5 Å². The van der Waals surface area contributed by atoms with Crippen LogP contribution in [0.4, 0.5) is 9.52 Å². The lowest BCUT2D eigenvalue weighted by atomic mass is 10.2. The molecule has 0 atom stereocenters. The Labute approximate surface area is 146 Å². The highest BCUT2D eigenvalue weighted by Crippen LogP contribution is 2.26. The van der Waals surface area contributed by atoms with Crippen LogP contribution < -0.4 is 15.8 Å². The van der Waals surface area contributed by atoms with Crippen molar-refractivity contribution in [1.29, 1.82) is 0 Å². The van der Waals surface area contributed by atoms with Crippen molar-refractivity contribution in [1.82, 2.24) is 4.98 Å². The maximum absolute atomic E-state index is 13.0. The van der Waals surface area contributed by atoms with E-state index < -0.39 is 11.8 Å². The molecule has 1 aromatic heterocycles. The number of nitrogens with two attached hydrogens (primary N) is 1. The third-order valence-electron chi connectivity index (χ3n) is 3.15. The van der Waals surface area contributed by atoms with Crippen molar-refractivity contribution in [3.63, 3.8) is 0 Å². The number of thiazole rings is 1. The summed E-state index contributed by atoms with van der Waals surface area (Å²) < 4.78 is 18.6. The fourth-order valence-corrected chi connectivity index (χ4v) is 2.68. The Morgan fingerprint density at radius 1 is 1.12 bits per heavy atom. The molecule has 0 radical (unpaired) electrons. The van der Waals surface area contributed by atoms with E-state index in [9.17, 15) is 14.0 Å². The van der Waals surface area contributed by atoms with Gasteiger partial charge in [-0.3, -0.25) is 14.9 Å². The Kier molecular flexibility index (Phi) is 4.71. The Morgan fingerprint density at radius 3 is 2.52 bits per heavy atom. The summed E-state index contributed by atoms with van der Waals surface area (Å²) in [5.41, 5.74) is 5.48. The van der Waals surface area contributed by atoms with Gasteiger partial charge in [-0.2, -0.15) is 0 Å². The highest BCUT2D eigenvalue weighted by molar-refractivity contribution is 7.14. The van der Waals surface area contributed by atoms with E-state index in [1.165, 1.54) is 29.6 Å². The number of aromatic nitrogens is 1. The zero-order chi connectivity index (χ0) is 17.8. The van der Waals surface area contributed by atoms with E-state index in [0.717, 1.165) is 11.3 Å². The van der Waals surface area contributed by atoms with Crippen molar-refractivity contribution in [3.05, 3.63) is 71.0 Å². The van der Waals surface area contributed by atoms with Crippen molar-refractivity contribution in [2.24, 2.45) is 5.73 Å². The standard InChI is InChI=1S/C17H12FN3O3S/c18-10-5-7-11(8-6-10)24-14-4-2-1-3-12(14)16(23)21-17-20-13(9-25-17)15(19)22/h1-9H,(H2,19,22)(H,20,21,23). The molecule has 126 valence electrons. The van der Waals surface area contributed by atoms with Crippen LogP contribution in [0.1, 0.15) is 20.8 Å². The van der Waals surface area contributed by atoms with Crippen molar-refractivity contribution in [2.75, 3.05) is 5.32 Å². The maximum atomic E-state index is 13.0. The van der Waals surface area contributed by atoms with Crippen molar-refractivity contribution in [2.45, 2.75) is 0 Å². The third-order valence-corrected chi connectivity index (χ3v) is 3.91. The summed E-state index contributed by atoms with van der Waals surface area (Å²) >= 11 is 1.09. The molecule has 3 N–H and O–H groups in total. The molecule has 0 saturated carbocycles. The second-order valence-corrected chi connectivity index (χ2v) is 5.77. The summed E-state index contributed by atoms with van der Waals surface area (Å²) in [5, 5.41) is 4.29. The predicted molar refractivity (Wildman–Crippen MR) is 91.5 cm³/mol. The number of anilines is 1. The molecule has 0 aliphatic heterocycles. The van der Waals surface area contributed by atoms with E-state index in [1.54, 1.807) is 24.3 Å². The van der Waals surface area contributed by atoms with Crippen LogP contribution in [0.5, 0.6) is 11.5 Å². The number of nitrogens with one attached hydrogen (secondary N) is 1. The first-order chi connectivity index (χ1) is 12.0. The third kappa shape index (κ3) is 3.99. The molecule has 6 nitrogen and oxygen atoms in total. The fourth-order valence-electron chi connectivity index (χ4n) is 1.98. The van der Waals surface area contributed by atoms with Gasteiger partial charge in [0.05, 0.1) is 5.56 Å². The van der Waals surface area contributed by atoms with Gasteiger partial charge in [0.1, 0.15) is 23.0 Å². The molecule has 0 unspecified atom stereocenters. The van der Waals surface area contributed by atoms with Crippen LogP contribution in [0.15, 0.2) is 53.9 Å². The number of nitrogens with zero attached hydrogens (tertiary/aromatic N) is 1. The second kappa shape index (κ2) is 7.10. The van der Waals surface area contributed by atoms with Crippen LogP contribution >= 0.6 is 11.3 Å². The van der Waals surface area contributed by atoms with Crippen molar-refractivity contribution in [3.8, 4) is 11.5 Å². The topological polar surface area (TPSA) is 94.3 Å². The highest BCUT2D eigenvalue weighted by Gasteiger charge is 2.15. The molecule has 0 saturated heterocycles. The Balaban J connectivity index is 1.80. The Bertz CT molecular complexity index is 925. The van der Waals surface area contributed by atoms with Crippen LogP contribution in [0, 0.1) is 5.82 Å². The lowest BCUT2D eigenvalue weighted by Crippen LogP contribution is -2.14. The first kappa shape index (κ1) is 16.6. The molecule has 2 amide bonds. The van der Waals surface area contributed by atoms with Gasteiger partial charge in [0.25, 0.3) is 11.8 Å². The van der Waals surface area contributed by atoms with Gasteiger partial charge >= 0.3 is 0 Å². The largest absolute Gasteiger partial charge is 0.457 e. The van der Waals surface area contributed by atoms with Crippen LogP contribution in [0.2, 0.25) is 0 Å². The number of amides is 2. The Morgan fingerprint density at radius 2 is 1.84 bits per heavy atom. The molecule has 0 aliphatic carbocycles. The zero-order valence-electron chi connectivity index (χ0n) is 12.7. The minimum absolute atomic E-state index is 0.0798. The first-order valence-corrected chi connectivity index (χ1v) is 8.00. The summed E-state index contributed by atoms with van der Waals surface area (Å²) in [6, 6.07) is 12.0. The first-order valence-electron chi connectivity index (χ1n) is 7.12. The number of primary amides is 1. The van der Waals surface area contributed by atoms with Gasteiger partial charge in [-0.1, -0.05) is 12.1 Å². The smallest absolute Gasteiger partial charge is 0.268 e. The molecule has 0 fully saturated rings. The van der Waals surface area contributed by atoms with Crippen LogP contribution in [0.25, 0.3) is 0 Å². The average molecular weight is 357 g/mol. The monoisotopic (exact) mass is 357 g/mol. The molecule has 3 aromatic rings. The second-order valence-electron chi connectivity index (χ2n) is 4.91. The van der Waals surface area contributed by atoms with Gasteiger partial charge in [-0.15, -0.1) is 11.3 Å². The Hall–Kier alpha value is -3.26. The molecule has 0 spiro atoms. The summed E-state index contributed by atoms with van der Waals surface area (Å²) in [6.07, 6.45) is 0. The van der Waals surface area contributed by atoms with Gasteiger partial charge in [0.15, 0.2) is 5.13 Å². The summed E-state index contributed by atoms with van der Waals surface area (Å²) in [5.74, 6) is -0.808. The number of halogens is 1. The summed E-state index contributed by atoms with van der Waals surface area (Å²) in [7, 11) is 0. The van der Waals surface area contributed by atoms with E-state index in [2.05, 4.69) is 10.3 Å². The lowest BCUT2D eigenvalue weighted by molar-refractivity contribution is 0.0991. The van der Waals surface area contributed by atoms with Crippen molar-refractivity contribution < 1.29 is 18.7 Å². The van der Waals surface area contributed by atoms with Gasteiger partial charge in [-0.25, -0.2) is 9.37 Å². The number of carbonyl (C=O) groups is 2. The minimum Gasteiger partial charge on any atom is -0.457 e. The van der Waals surface area contributed by atoms with Gasteiger partial charge in [0, 0.05) is 5.38 Å². The molecule has 1 heterocycles. The van der Waals surface area contributed by atoms with E-state index >= 15 is 0 Å². The van der Waals surface area contributed by atoms with E-state index in [1.807, 2.05) is 0 Å². The van der Waals surface area contributed by atoms with Crippen LogP contribution in [0.3, 0.4) is 0 Å². The minimum atomic E-state index is -0.670. The maximum Gasteiger partial charge on any atom is 0.268 e. The number of para-hydroxylation sites is 1.